The summed E-state index contributed by atoms with van der Waals surface area (Å²) in [7, 11) is 0. The van der Waals surface area contributed by atoms with Gasteiger partial charge in [0.05, 0.1) is 0 Å². The Labute approximate surface area is 92.9 Å². The van der Waals surface area contributed by atoms with Gasteiger partial charge in [0.15, 0.2) is 0 Å². The molecule has 1 aromatic carbocycles. The second-order valence-electron chi connectivity index (χ2n) is 4.84. The second kappa shape index (κ2) is 4.77. The fourth-order valence-corrected chi connectivity index (χ4v) is 1.43. The summed E-state index contributed by atoms with van der Waals surface area (Å²) in [4.78, 5) is 0. The van der Waals surface area contributed by atoms with E-state index in [9.17, 15) is 0 Å². The van der Waals surface area contributed by atoms with E-state index in [-0.39, 0.29) is 11.6 Å². The maximum absolute atomic E-state index is 6.04. The largest absolute Gasteiger partial charge is 0.324 e. The molecule has 0 saturated carbocycles. The van der Waals surface area contributed by atoms with E-state index < -0.39 is 0 Å². The normalized spacial score (nSPS) is 16.1. The maximum Gasteiger partial charge on any atom is 0.0295 e. The highest BCUT2D eigenvalue weighted by atomic mass is 15.0. The molecule has 0 heterocycles. The van der Waals surface area contributed by atoms with Gasteiger partial charge in [0.2, 0.25) is 0 Å². The van der Waals surface area contributed by atoms with Crippen LogP contribution >= 0.6 is 0 Å². The average molecular weight is 206 g/mol. The van der Waals surface area contributed by atoms with Gasteiger partial charge >= 0.3 is 0 Å². The van der Waals surface area contributed by atoms with Crippen LogP contribution in [0.4, 0.5) is 0 Å². The van der Waals surface area contributed by atoms with Crippen molar-refractivity contribution in [1.29, 1.82) is 0 Å². The summed E-state index contributed by atoms with van der Waals surface area (Å²) in [6.45, 7) is 8.38. The van der Waals surface area contributed by atoms with Crippen LogP contribution in [0.15, 0.2) is 30.3 Å². The molecule has 0 saturated heterocycles. The Kier molecular flexibility index (Phi) is 3.89. The first-order chi connectivity index (χ1) is 6.91. The van der Waals surface area contributed by atoms with Gasteiger partial charge in [0.1, 0.15) is 0 Å². The van der Waals surface area contributed by atoms with Crippen molar-refractivity contribution in [3.8, 4) is 0 Å². The first-order valence-corrected chi connectivity index (χ1v) is 5.51. The lowest BCUT2D eigenvalue weighted by atomic mass is 9.96. The van der Waals surface area contributed by atoms with E-state index in [1.165, 1.54) is 5.56 Å². The molecule has 0 aliphatic carbocycles. The zero-order valence-corrected chi connectivity index (χ0v) is 10.1. The van der Waals surface area contributed by atoms with E-state index in [1.807, 2.05) is 19.9 Å². The average Bonchev–Trinajstić information content (AvgIpc) is 2.17. The molecule has 0 aliphatic heterocycles. The van der Waals surface area contributed by atoms with Gasteiger partial charge in [-0.1, -0.05) is 30.3 Å². The number of rotatable bonds is 4. The Morgan fingerprint density at radius 3 is 2.13 bits per heavy atom. The van der Waals surface area contributed by atoms with Crippen LogP contribution < -0.4 is 11.1 Å². The lowest BCUT2D eigenvalue weighted by Crippen LogP contribution is -2.51. The molecule has 2 nitrogen and oxygen atoms in total. The van der Waals surface area contributed by atoms with E-state index in [2.05, 4.69) is 43.4 Å². The van der Waals surface area contributed by atoms with Crippen LogP contribution in [-0.4, -0.2) is 11.6 Å². The summed E-state index contributed by atoms with van der Waals surface area (Å²) in [5.41, 5.74) is 7.15. The Morgan fingerprint density at radius 1 is 1.13 bits per heavy atom. The molecule has 2 atom stereocenters. The quantitative estimate of drug-likeness (QED) is 0.794. The molecule has 2 heteroatoms. The van der Waals surface area contributed by atoms with Crippen molar-refractivity contribution in [2.75, 3.05) is 0 Å². The Hall–Kier alpha value is -0.860. The second-order valence-corrected chi connectivity index (χ2v) is 4.84. The molecule has 0 spiro atoms. The predicted molar refractivity (Wildman–Crippen MR) is 65.7 cm³/mol. The predicted octanol–water partition coefficient (Wildman–Crippen LogP) is 2.46. The molecular weight excluding hydrogens is 184 g/mol. The van der Waals surface area contributed by atoms with E-state index >= 15 is 0 Å². The van der Waals surface area contributed by atoms with Crippen molar-refractivity contribution < 1.29 is 0 Å². The van der Waals surface area contributed by atoms with Crippen LogP contribution in [0.3, 0.4) is 0 Å². The first-order valence-electron chi connectivity index (χ1n) is 5.51. The van der Waals surface area contributed by atoms with Crippen molar-refractivity contribution in [2.24, 2.45) is 5.73 Å². The molecule has 1 rings (SSSR count). The molecule has 0 amide bonds. The summed E-state index contributed by atoms with van der Waals surface area (Å²) < 4.78 is 0. The van der Waals surface area contributed by atoms with Crippen LogP contribution in [0.1, 0.15) is 39.3 Å². The highest BCUT2D eigenvalue weighted by Gasteiger charge is 2.21. The van der Waals surface area contributed by atoms with Gasteiger partial charge in [-0.15, -0.1) is 0 Å². The highest BCUT2D eigenvalue weighted by Crippen LogP contribution is 2.14. The van der Waals surface area contributed by atoms with E-state index in [1.54, 1.807) is 0 Å². The topological polar surface area (TPSA) is 38.0 Å². The van der Waals surface area contributed by atoms with E-state index in [4.69, 9.17) is 5.73 Å². The molecule has 0 radical (unpaired) electrons. The number of hydrogen-bond donors (Lipinski definition) is 2. The molecule has 3 N–H and O–H groups in total. The van der Waals surface area contributed by atoms with Crippen LogP contribution in [0.5, 0.6) is 0 Å². The SMILES string of the molecule is CC(NC(C)C(C)(C)N)c1ccccc1. The molecule has 15 heavy (non-hydrogen) atoms. The first kappa shape index (κ1) is 12.2. The van der Waals surface area contributed by atoms with E-state index in [0.29, 0.717) is 6.04 Å². The van der Waals surface area contributed by atoms with Gasteiger partial charge in [0, 0.05) is 17.6 Å². The molecule has 0 aromatic heterocycles. The minimum Gasteiger partial charge on any atom is -0.324 e. The highest BCUT2D eigenvalue weighted by molar-refractivity contribution is 5.18. The monoisotopic (exact) mass is 206 g/mol. The van der Waals surface area contributed by atoms with Crippen molar-refractivity contribution in [2.45, 2.75) is 45.3 Å². The zero-order chi connectivity index (χ0) is 11.5. The van der Waals surface area contributed by atoms with Gasteiger partial charge in [-0.3, -0.25) is 0 Å². The van der Waals surface area contributed by atoms with Gasteiger partial charge in [-0.05, 0) is 33.3 Å². The summed E-state index contributed by atoms with van der Waals surface area (Å²) in [6.07, 6.45) is 0. The third-order valence-corrected chi connectivity index (χ3v) is 2.92. The number of hydrogen-bond acceptors (Lipinski definition) is 2. The standard InChI is InChI=1S/C13H22N2/c1-10(12-8-6-5-7-9-12)15-11(2)13(3,4)14/h5-11,15H,14H2,1-4H3. The molecule has 84 valence electrons. The van der Waals surface area contributed by atoms with Gasteiger partial charge in [0.25, 0.3) is 0 Å². The molecule has 0 bridgehead atoms. The minimum absolute atomic E-state index is 0.191. The van der Waals surface area contributed by atoms with Crippen LogP contribution in [0, 0.1) is 0 Å². The molecular formula is C13H22N2. The van der Waals surface area contributed by atoms with Crippen molar-refractivity contribution in [3.63, 3.8) is 0 Å². The molecule has 2 unspecified atom stereocenters. The Balaban J connectivity index is 2.61. The smallest absolute Gasteiger partial charge is 0.0295 e. The van der Waals surface area contributed by atoms with Gasteiger partial charge in [-0.25, -0.2) is 0 Å². The van der Waals surface area contributed by atoms with E-state index in [0.717, 1.165) is 0 Å². The summed E-state index contributed by atoms with van der Waals surface area (Å²) in [6, 6.07) is 11.0. The Bertz CT molecular complexity index is 287. The fraction of sp³-hybridized carbons (Fsp3) is 0.538. The van der Waals surface area contributed by atoms with Crippen LogP contribution in [0.2, 0.25) is 0 Å². The summed E-state index contributed by atoms with van der Waals surface area (Å²) in [5.74, 6) is 0. The lowest BCUT2D eigenvalue weighted by molar-refractivity contribution is 0.337. The number of nitrogens with two attached hydrogens (primary N) is 1. The summed E-state index contributed by atoms with van der Waals surface area (Å²) >= 11 is 0. The third kappa shape index (κ3) is 3.65. The lowest BCUT2D eigenvalue weighted by Gasteiger charge is -2.31. The maximum atomic E-state index is 6.04. The van der Waals surface area contributed by atoms with Gasteiger partial charge in [-0.2, -0.15) is 0 Å². The third-order valence-electron chi connectivity index (χ3n) is 2.92. The zero-order valence-electron chi connectivity index (χ0n) is 10.1. The summed E-state index contributed by atoms with van der Waals surface area (Å²) in [5, 5.41) is 3.51. The number of benzene rings is 1. The van der Waals surface area contributed by atoms with Gasteiger partial charge < -0.3 is 11.1 Å². The minimum atomic E-state index is -0.191. The van der Waals surface area contributed by atoms with Crippen LogP contribution in [0.25, 0.3) is 0 Å². The number of nitrogens with one attached hydrogen (secondary N) is 1. The molecule has 0 aliphatic rings. The van der Waals surface area contributed by atoms with Crippen molar-refractivity contribution in [1.82, 2.24) is 5.32 Å². The van der Waals surface area contributed by atoms with Crippen molar-refractivity contribution >= 4 is 0 Å². The molecule has 1 aromatic rings. The Morgan fingerprint density at radius 2 is 1.67 bits per heavy atom. The fourth-order valence-electron chi connectivity index (χ4n) is 1.43. The van der Waals surface area contributed by atoms with Crippen molar-refractivity contribution in [3.05, 3.63) is 35.9 Å². The van der Waals surface area contributed by atoms with Crippen LogP contribution in [-0.2, 0) is 0 Å². The molecule has 0 fully saturated rings.